The zero-order valence-electron chi connectivity index (χ0n) is 12.7. The zero-order valence-corrected chi connectivity index (χ0v) is 12.7. The smallest absolute Gasteiger partial charge is 0.0743 e. The van der Waals surface area contributed by atoms with Gasteiger partial charge in [0, 0.05) is 30.4 Å². The van der Waals surface area contributed by atoms with Gasteiger partial charge in [0.1, 0.15) is 0 Å². The maximum Gasteiger partial charge on any atom is 0.0743 e. The summed E-state index contributed by atoms with van der Waals surface area (Å²) in [5.74, 6) is 0.421. The van der Waals surface area contributed by atoms with Gasteiger partial charge in [-0.15, -0.1) is 0 Å². The van der Waals surface area contributed by atoms with Crippen LogP contribution in [0.4, 0.5) is 5.69 Å². The summed E-state index contributed by atoms with van der Waals surface area (Å²) in [6.07, 6.45) is 6.02. The highest BCUT2D eigenvalue weighted by Crippen LogP contribution is 2.25. The number of anilines is 1. The lowest BCUT2D eigenvalue weighted by molar-refractivity contribution is 0.775. The van der Waals surface area contributed by atoms with Crippen molar-refractivity contribution in [2.45, 2.75) is 26.7 Å². The molecule has 2 heterocycles. The molecule has 3 heteroatoms. The monoisotopic (exact) mass is 279 g/mol. The molecular weight excluding hydrogens is 258 g/mol. The molecule has 0 amide bonds. The van der Waals surface area contributed by atoms with Crippen molar-refractivity contribution in [2.24, 2.45) is 11.0 Å². The fraction of sp³-hybridized carbons (Fsp3) is 0.333. The van der Waals surface area contributed by atoms with Crippen LogP contribution in [0.2, 0.25) is 0 Å². The van der Waals surface area contributed by atoms with E-state index in [1.54, 1.807) is 6.20 Å². The molecular formula is C18H21N3. The van der Waals surface area contributed by atoms with Crippen molar-refractivity contribution >= 4 is 11.4 Å². The van der Waals surface area contributed by atoms with Crippen molar-refractivity contribution in [1.29, 1.82) is 0 Å². The second-order valence-corrected chi connectivity index (χ2v) is 5.63. The van der Waals surface area contributed by atoms with Crippen LogP contribution < -0.4 is 5.01 Å². The van der Waals surface area contributed by atoms with Crippen LogP contribution in [0.5, 0.6) is 0 Å². The van der Waals surface area contributed by atoms with Gasteiger partial charge in [0.05, 0.1) is 11.4 Å². The molecule has 1 aliphatic heterocycles. The number of hydrazone groups is 1. The van der Waals surface area contributed by atoms with Gasteiger partial charge in [-0.1, -0.05) is 32.4 Å². The Kier molecular flexibility index (Phi) is 4.00. The molecule has 0 bridgehead atoms. The number of hydrogen-bond donors (Lipinski definition) is 0. The Morgan fingerprint density at radius 3 is 2.67 bits per heavy atom. The third-order valence-electron chi connectivity index (χ3n) is 3.87. The molecule has 3 nitrogen and oxygen atoms in total. The van der Waals surface area contributed by atoms with Crippen LogP contribution >= 0.6 is 0 Å². The summed E-state index contributed by atoms with van der Waals surface area (Å²) >= 11 is 0. The Morgan fingerprint density at radius 1 is 1.19 bits per heavy atom. The molecule has 1 unspecified atom stereocenters. The zero-order chi connectivity index (χ0) is 14.7. The lowest BCUT2D eigenvalue weighted by atomic mass is 10.0. The molecule has 1 aromatic heterocycles. The summed E-state index contributed by atoms with van der Waals surface area (Å²) in [5, 5.41) is 6.90. The van der Waals surface area contributed by atoms with Crippen LogP contribution in [0.15, 0.2) is 53.9 Å². The summed E-state index contributed by atoms with van der Waals surface area (Å²) in [5.41, 5.74) is 4.81. The summed E-state index contributed by atoms with van der Waals surface area (Å²) in [6.45, 7) is 5.36. The summed E-state index contributed by atoms with van der Waals surface area (Å²) < 4.78 is 0. The first kappa shape index (κ1) is 13.8. The SMILES string of the molecule is CCCc1ccc(N2CC(C)C(c3cccnc3)=N2)cc1. The molecule has 108 valence electrons. The minimum Gasteiger partial charge on any atom is -0.265 e. The number of benzene rings is 1. The first-order valence-electron chi connectivity index (χ1n) is 7.63. The van der Waals surface area contributed by atoms with Gasteiger partial charge in [-0.05, 0) is 36.2 Å². The van der Waals surface area contributed by atoms with Crippen molar-refractivity contribution in [1.82, 2.24) is 4.98 Å². The van der Waals surface area contributed by atoms with Crippen molar-refractivity contribution < 1.29 is 0 Å². The van der Waals surface area contributed by atoms with E-state index in [-0.39, 0.29) is 0 Å². The normalized spacial score (nSPS) is 17.9. The molecule has 0 aliphatic carbocycles. The van der Waals surface area contributed by atoms with Crippen molar-refractivity contribution in [3.05, 3.63) is 59.9 Å². The predicted molar refractivity (Wildman–Crippen MR) is 87.7 cm³/mol. The average molecular weight is 279 g/mol. The van der Waals surface area contributed by atoms with Gasteiger partial charge in [0.2, 0.25) is 0 Å². The third-order valence-corrected chi connectivity index (χ3v) is 3.87. The topological polar surface area (TPSA) is 28.5 Å². The largest absolute Gasteiger partial charge is 0.265 e. The van der Waals surface area contributed by atoms with Crippen molar-refractivity contribution in [3.8, 4) is 0 Å². The maximum atomic E-state index is 4.80. The minimum atomic E-state index is 0.421. The Hall–Kier alpha value is -2.16. The number of aryl methyl sites for hydroxylation is 1. The van der Waals surface area contributed by atoms with E-state index in [9.17, 15) is 0 Å². The van der Waals surface area contributed by atoms with Crippen LogP contribution in [0.1, 0.15) is 31.4 Å². The van der Waals surface area contributed by atoms with Gasteiger partial charge in [0.25, 0.3) is 0 Å². The highest BCUT2D eigenvalue weighted by atomic mass is 15.5. The van der Waals surface area contributed by atoms with Gasteiger partial charge >= 0.3 is 0 Å². The maximum absolute atomic E-state index is 4.80. The molecule has 0 radical (unpaired) electrons. The standard InChI is InChI=1S/C18H21N3/c1-3-5-15-7-9-17(10-8-15)21-13-14(2)18(20-21)16-6-4-11-19-12-16/h4,6-12,14H,3,5,13H2,1-2H3. The highest BCUT2D eigenvalue weighted by molar-refractivity contribution is 6.04. The Labute approximate surface area is 126 Å². The molecule has 1 atom stereocenters. The molecule has 0 fully saturated rings. The number of hydrogen-bond acceptors (Lipinski definition) is 3. The van der Waals surface area contributed by atoms with Crippen LogP contribution in [0, 0.1) is 5.92 Å². The first-order valence-corrected chi connectivity index (χ1v) is 7.63. The second-order valence-electron chi connectivity index (χ2n) is 5.63. The third kappa shape index (κ3) is 2.97. The van der Waals surface area contributed by atoms with E-state index in [1.165, 1.54) is 17.7 Å². The van der Waals surface area contributed by atoms with E-state index in [0.29, 0.717) is 5.92 Å². The fourth-order valence-corrected chi connectivity index (χ4v) is 2.76. The lowest BCUT2D eigenvalue weighted by Crippen LogP contribution is -2.17. The highest BCUT2D eigenvalue weighted by Gasteiger charge is 2.24. The van der Waals surface area contributed by atoms with Crippen LogP contribution in [0.25, 0.3) is 0 Å². The molecule has 0 saturated carbocycles. The van der Waals surface area contributed by atoms with Crippen molar-refractivity contribution in [3.63, 3.8) is 0 Å². The number of pyridine rings is 1. The van der Waals surface area contributed by atoms with E-state index < -0.39 is 0 Å². The number of nitrogens with zero attached hydrogens (tertiary/aromatic N) is 3. The van der Waals surface area contributed by atoms with E-state index >= 15 is 0 Å². The molecule has 0 saturated heterocycles. The van der Waals surface area contributed by atoms with Crippen LogP contribution in [0.3, 0.4) is 0 Å². The molecule has 3 rings (SSSR count). The second kappa shape index (κ2) is 6.08. The summed E-state index contributed by atoms with van der Waals surface area (Å²) in [7, 11) is 0. The van der Waals surface area contributed by atoms with E-state index in [0.717, 1.165) is 24.2 Å². The van der Waals surface area contributed by atoms with E-state index in [1.807, 2.05) is 12.3 Å². The minimum absolute atomic E-state index is 0.421. The molecule has 1 aliphatic rings. The summed E-state index contributed by atoms with van der Waals surface area (Å²) in [4.78, 5) is 4.19. The van der Waals surface area contributed by atoms with Gasteiger partial charge in [-0.25, -0.2) is 0 Å². The fourth-order valence-electron chi connectivity index (χ4n) is 2.76. The van der Waals surface area contributed by atoms with Gasteiger partial charge < -0.3 is 0 Å². The van der Waals surface area contributed by atoms with E-state index in [4.69, 9.17) is 5.10 Å². The molecule has 21 heavy (non-hydrogen) atoms. The van der Waals surface area contributed by atoms with Gasteiger partial charge in [-0.3, -0.25) is 9.99 Å². The van der Waals surface area contributed by atoms with Gasteiger partial charge in [0.15, 0.2) is 0 Å². The molecule has 2 aromatic rings. The van der Waals surface area contributed by atoms with Crippen LogP contribution in [-0.2, 0) is 6.42 Å². The Balaban J connectivity index is 1.82. The van der Waals surface area contributed by atoms with Crippen LogP contribution in [-0.4, -0.2) is 17.2 Å². The van der Waals surface area contributed by atoms with Crippen molar-refractivity contribution in [2.75, 3.05) is 11.6 Å². The van der Waals surface area contributed by atoms with E-state index in [2.05, 4.69) is 54.2 Å². The number of aromatic nitrogens is 1. The molecule has 0 N–H and O–H groups in total. The number of rotatable bonds is 4. The Bertz CT molecular complexity index is 617. The quantitative estimate of drug-likeness (QED) is 0.849. The van der Waals surface area contributed by atoms with Gasteiger partial charge in [-0.2, -0.15) is 5.10 Å². The summed E-state index contributed by atoms with van der Waals surface area (Å²) in [6, 6.07) is 12.8. The first-order chi connectivity index (χ1) is 10.3. The molecule has 0 spiro atoms. The molecule has 1 aromatic carbocycles. The average Bonchev–Trinajstić information content (AvgIpc) is 2.91. The predicted octanol–water partition coefficient (Wildman–Crippen LogP) is 3.89. The Morgan fingerprint density at radius 2 is 2.00 bits per heavy atom. The lowest BCUT2D eigenvalue weighted by Gasteiger charge is -2.14.